The normalized spacial score (nSPS) is 10.4. The molecule has 0 unspecified atom stereocenters. The fraction of sp³-hybridized carbons (Fsp3) is 0.0556. The van der Waals surface area contributed by atoms with Crippen LogP contribution in [0.5, 0.6) is 11.6 Å². The van der Waals surface area contributed by atoms with E-state index in [4.69, 9.17) is 4.74 Å². The molecule has 126 valence electrons. The molecule has 0 aliphatic carbocycles. The lowest BCUT2D eigenvalue weighted by Gasteiger charge is -2.11. The van der Waals surface area contributed by atoms with E-state index in [1.165, 1.54) is 24.4 Å². The second-order valence-electron chi connectivity index (χ2n) is 5.15. The summed E-state index contributed by atoms with van der Waals surface area (Å²) in [5, 5.41) is 2.71. The number of carbonyl (C=O) groups excluding carboxylic acids is 1. The molecular formula is C18H13BrFN3O2. The Hall–Kier alpha value is -2.80. The number of anilines is 1. The summed E-state index contributed by atoms with van der Waals surface area (Å²) in [5.41, 5.74) is 1.03. The zero-order chi connectivity index (χ0) is 17.8. The average molecular weight is 402 g/mol. The zero-order valence-corrected chi connectivity index (χ0v) is 14.7. The molecule has 0 radical (unpaired) electrons. The van der Waals surface area contributed by atoms with Crippen LogP contribution in [0, 0.1) is 12.7 Å². The number of ether oxygens (including phenoxy) is 1. The maximum Gasteiger partial charge on any atom is 0.262 e. The van der Waals surface area contributed by atoms with Gasteiger partial charge in [-0.05, 0) is 65.3 Å². The van der Waals surface area contributed by atoms with Crippen LogP contribution in [0.15, 0.2) is 59.2 Å². The highest BCUT2D eigenvalue weighted by Gasteiger charge is 2.16. The van der Waals surface area contributed by atoms with Gasteiger partial charge < -0.3 is 10.1 Å². The van der Waals surface area contributed by atoms with Gasteiger partial charge in [0, 0.05) is 11.9 Å². The number of hydrogen-bond donors (Lipinski definition) is 1. The molecule has 0 spiro atoms. The van der Waals surface area contributed by atoms with Crippen molar-refractivity contribution < 1.29 is 13.9 Å². The monoisotopic (exact) mass is 401 g/mol. The number of nitrogens with zero attached hydrogens (tertiary/aromatic N) is 2. The number of aromatic nitrogens is 2. The first kappa shape index (κ1) is 17.0. The molecule has 0 bridgehead atoms. The lowest BCUT2D eigenvalue weighted by Crippen LogP contribution is -2.14. The number of aryl methyl sites for hydroxylation is 1. The van der Waals surface area contributed by atoms with Crippen molar-refractivity contribution in [3.63, 3.8) is 0 Å². The summed E-state index contributed by atoms with van der Waals surface area (Å²) in [5.74, 6) is 0.0914. The van der Waals surface area contributed by atoms with E-state index in [9.17, 15) is 9.18 Å². The van der Waals surface area contributed by atoms with Gasteiger partial charge in [0.1, 0.15) is 22.9 Å². The van der Waals surface area contributed by atoms with Gasteiger partial charge in [0.05, 0.1) is 4.47 Å². The Kier molecular flexibility index (Phi) is 5.04. The lowest BCUT2D eigenvalue weighted by atomic mass is 10.2. The second-order valence-corrected chi connectivity index (χ2v) is 6.01. The van der Waals surface area contributed by atoms with Crippen LogP contribution in [0.25, 0.3) is 0 Å². The minimum absolute atomic E-state index is 0.111. The van der Waals surface area contributed by atoms with E-state index in [0.29, 0.717) is 16.0 Å². The van der Waals surface area contributed by atoms with E-state index < -0.39 is 11.7 Å². The molecule has 5 nitrogen and oxygen atoms in total. The average Bonchev–Trinajstić information content (AvgIpc) is 2.58. The van der Waals surface area contributed by atoms with E-state index in [-0.39, 0.29) is 11.4 Å². The first-order chi connectivity index (χ1) is 12.0. The molecule has 1 aromatic carbocycles. The highest BCUT2D eigenvalue weighted by Crippen LogP contribution is 2.31. The Morgan fingerprint density at radius 1 is 1.20 bits per heavy atom. The third-order valence-corrected chi connectivity index (χ3v) is 3.87. The van der Waals surface area contributed by atoms with Crippen LogP contribution in [0.2, 0.25) is 0 Å². The molecule has 2 heterocycles. The Morgan fingerprint density at radius 2 is 2.04 bits per heavy atom. The number of halogens is 2. The van der Waals surface area contributed by atoms with Crippen LogP contribution < -0.4 is 10.1 Å². The van der Waals surface area contributed by atoms with Gasteiger partial charge in [-0.15, -0.1) is 0 Å². The molecule has 0 saturated heterocycles. The number of amides is 1. The second kappa shape index (κ2) is 7.40. The smallest absolute Gasteiger partial charge is 0.262 e. The van der Waals surface area contributed by atoms with Gasteiger partial charge in [0.25, 0.3) is 5.91 Å². The van der Waals surface area contributed by atoms with E-state index in [1.807, 2.05) is 13.0 Å². The van der Waals surface area contributed by atoms with E-state index >= 15 is 0 Å². The summed E-state index contributed by atoms with van der Waals surface area (Å²) in [4.78, 5) is 20.9. The molecule has 0 saturated carbocycles. The number of rotatable bonds is 4. The summed E-state index contributed by atoms with van der Waals surface area (Å²) in [6.45, 7) is 1.83. The fourth-order valence-corrected chi connectivity index (χ4v) is 2.54. The van der Waals surface area contributed by atoms with Gasteiger partial charge in [0.15, 0.2) is 0 Å². The molecule has 3 aromatic rings. The van der Waals surface area contributed by atoms with Crippen LogP contribution in [-0.2, 0) is 0 Å². The molecule has 0 atom stereocenters. The van der Waals surface area contributed by atoms with Crippen LogP contribution in [0.4, 0.5) is 10.2 Å². The number of hydrogen-bond acceptors (Lipinski definition) is 4. The quantitative estimate of drug-likeness (QED) is 0.685. The van der Waals surface area contributed by atoms with Crippen molar-refractivity contribution >= 4 is 27.7 Å². The Bertz CT molecular complexity index is 934. The molecule has 7 heteroatoms. The maximum absolute atomic E-state index is 13.2. The summed E-state index contributed by atoms with van der Waals surface area (Å²) in [6.07, 6.45) is 1.51. The molecule has 0 aliphatic heterocycles. The number of carbonyl (C=O) groups is 1. The van der Waals surface area contributed by atoms with Crippen LogP contribution >= 0.6 is 15.9 Å². The van der Waals surface area contributed by atoms with Gasteiger partial charge in [-0.1, -0.05) is 6.07 Å². The van der Waals surface area contributed by atoms with Gasteiger partial charge >= 0.3 is 0 Å². The zero-order valence-electron chi connectivity index (χ0n) is 13.2. The summed E-state index contributed by atoms with van der Waals surface area (Å²) < 4.78 is 19.3. The highest BCUT2D eigenvalue weighted by molar-refractivity contribution is 9.10. The SMILES string of the molecule is Cc1cccc(NC(=O)c2cccnc2Oc2ccc(F)cc2Br)n1. The first-order valence-electron chi connectivity index (χ1n) is 7.36. The topological polar surface area (TPSA) is 64.1 Å². The predicted molar refractivity (Wildman–Crippen MR) is 95.3 cm³/mol. The Labute approximate surface area is 152 Å². The molecule has 3 rings (SSSR count). The summed E-state index contributed by atoms with van der Waals surface area (Å²) >= 11 is 3.22. The third kappa shape index (κ3) is 4.19. The molecule has 1 amide bonds. The molecule has 2 aromatic heterocycles. The van der Waals surface area contributed by atoms with Crippen molar-refractivity contribution in [2.45, 2.75) is 6.92 Å². The highest BCUT2D eigenvalue weighted by atomic mass is 79.9. The molecular weight excluding hydrogens is 389 g/mol. The maximum atomic E-state index is 13.2. The van der Waals surface area contributed by atoms with E-state index in [2.05, 4.69) is 31.2 Å². The van der Waals surface area contributed by atoms with Gasteiger partial charge in [-0.3, -0.25) is 4.79 Å². The van der Waals surface area contributed by atoms with Crippen molar-refractivity contribution in [1.29, 1.82) is 0 Å². The van der Waals surface area contributed by atoms with Gasteiger partial charge in [-0.25, -0.2) is 14.4 Å². The molecule has 25 heavy (non-hydrogen) atoms. The molecule has 0 aliphatic rings. The van der Waals surface area contributed by atoms with Crippen molar-refractivity contribution in [2.75, 3.05) is 5.32 Å². The van der Waals surface area contributed by atoms with Crippen LogP contribution in [0.3, 0.4) is 0 Å². The fourth-order valence-electron chi connectivity index (χ4n) is 2.10. The van der Waals surface area contributed by atoms with Crippen LogP contribution in [0.1, 0.15) is 16.1 Å². The Morgan fingerprint density at radius 3 is 2.80 bits per heavy atom. The van der Waals surface area contributed by atoms with Crippen molar-refractivity contribution in [3.05, 3.63) is 76.3 Å². The number of pyridine rings is 2. The summed E-state index contributed by atoms with van der Waals surface area (Å²) in [7, 11) is 0. The van der Waals surface area contributed by atoms with E-state index in [1.54, 1.807) is 24.3 Å². The molecule has 0 fully saturated rings. The first-order valence-corrected chi connectivity index (χ1v) is 8.15. The Balaban J connectivity index is 1.86. The number of benzene rings is 1. The largest absolute Gasteiger partial charge is 0.437 e. The molecule has 1 N–H and O–H groups in total. The van der Waals surface area contributed by atoms with E-state index in [0.717, 1.165) is 5.69 Å². The van der Waals surface area contributed by atoms with Crippen LogP contribution in [-0.4, -0.2) is 15.9 Å². The van der Waals surface area contributed by atoms with Crippen molar-refractivity contribution in [3.8, 4) is 11.6 Å². The van der Waals surface area contributed by atoms with Gasteiger partial charge in [0.2, 0.25) is 5.88 Å². The van der Waals surface area contributed by atoms with Gasteiger partial charge in [-0.2, -0.15) is 0 Å². The standard InChI is InChI=1S/C18H13BrFN3O2/c1-11-4-2-6-16(22-11)23-17(24)13-5-3-9-21-18(13)25-15-8-7-12(20)10-14(15)19/h2-10H,1H3,(H,22,23,24). The third-order valence-electron chi connectivity index (χ3n) is 3.25. The van der Waals surface area contributed by atoms with Crippen molar-refractivity contribution in [1.82, 2.24) is 9.97 Å². The summed E-state index contributed by atoms with van der Waals surface area (Å²) in [6, 6.07) is 12.5. The lowest BCUT2D eigenvalue weighted by molar-refractivity contribution is 0.102. The minimum Gasteiger partial charge on any atom is -0.437 e. The number of nitrogens with one attached hydrogen (secondary N) is 1. The minimum atomic E-state index is -0.403. The van der Waals surface area contributed by atoms with Crippen molar-refractivity contribution in [2.24, 2.45) is 0 Å². The predicted octanol–water partition coefficient (Wildman–Crippen LogP) is 4.73.